The van der Waals surface area contributed by atoms with Crippen molar-refractivity contribution in [1.82, 2.24) is 10.3 Å². The van der Waals surface area contributed by atoms with Crippen LogP contribution >= 0.6 is 23.2 Å². The normalized spacial score (nSPS) is 10.3. The number of H-pyrrole nitrogens is 1. The van der Waals surface area contributed by atoms with Crippen molar-refractivity contribution in [3.8, 4) is 5.75 Å². The first kappa shape index (κ1) is 29.9. The van der Waals surface area contributed by atoms with Crippen LogP contribution in [0.1, 0.15) is 60.0 Å². The zero-order chi connectivity index (χ0) is 29.4. The second-order valence-corrected chi connectivity index (χ2v) is 9.24. The number of phenols is 1. The maximum Gasteiger partial charge on any atom is 0.303 e. The van der Waals surface area contributed by atoms with Crippen LogP contribution in [-0.2, 0) is 11.3 Å². The Balaban J connectivity index is 0.000000263. The highest BCUT2D eigenvalue weighted by molar-refractivity contribution is 6.40. The van der Waals surface area contributed by atoms with Crippen molar-refractivity contribution < 1.29 is 34.2 Å². The van der Waals surface area contributed by atoms with E-state index in [0.29, 0.717) is 17.4 Å². The number of nitrogens with two attached hydrogens (primary N) is 1. The second kappa shape index (κ2) is 13.4. The molecule has 4 rings (SSSR count). The van der Waals surface area contributed by atoms with Crippen LogP contribution in [-0.4, -0.2) is 45.1 Å². The summed E-state index contributed by atoms with van der Waals surface area (Å²) in [6, 6.07) is 16.2. The molecule has 0 saturated carbocycles. The SMILES string of the molecule is NC(=O)c1[nH]c2ccccc2c1C=O.O=C(O)CCC(=O)c1c(Cl)cc(C(=O)NCc2cccc(O)c2)cc1Cl. The second-order valence-electron chi connectivity index (χ2n) is 8.43. The van der Waals surface area contributed by atoms with Crippen molar-refractivity contribution >= 4 is 64.0 Å². The number of rotatable bonds is 9. The van der Waals surface area contributed by atoms with Gasteiger partial charge in [-0.1, -0.05) is 53.5 Å². The third-order valence-corrected chi connectivity index (χ3v) is 6.22. The number of aromatic amines is 1. The van der Waals surface area contributed by atoms with Gasteiger partial charge in [-0.2, -0.15) is 0 Å². The minimum atomic E-state index is -1.10. The monoisotopic (exact) mass is 583 g/mol. The Labute approximate surface area is 237 Å². The maximum atomic E-state index is 12.3. The first-order valence-electron chi connectivity index (χ1n) is 11.7. The summed E-state index contributed by atoms with van der Waals surface area (Å²) in [4.78, 5) is 59.4. The minimum Gasteiger partial charge on any atom is -0.508 e. The first-order valence-corrected chi connectivity index (χ1v) is 12.4. The lowest BCUT2D eigenvalue weighted by molar-refractivity contribution is -0.136. The summed E-state index contributed by atoms with van der Waals surface area (Å²) >= 11 is 12.1. The van der Waals surface area contributed by atoms with E-state index in [2.05, 4.69) is 10.3 Å². The Bertz CT molecular complexity index is 1590. The number of carbonyl (C=O) groups excluding carboxylic acids is 4. The van der Waals surface area contributed by atoms with Gasteiger partial charge in [0, 0.05) is 29.4 Å². The summed E-state index contributed by atoms with van der Waals surface area (Å²) in [6.07, 6.45) is 0.0639. The van der Waals surface area contributed by atoms with Crippen LogP contribution in [0.15, 0.2) is 60.7 Å². The lowest BCUT2D eigenvalue weighted by atomic mass is 10.0. The molecule has 40 heavy (non-hydrogen) atoms. The molecular formula is C28H23Cl2N3O7. The number of carbonyl (C=O) groups is 5. The van der Waals surface area contributed by atoms with Gasteiger partial charge < -0.3 is 26.2 Å². The molecule has 0 aliphatic heterocycles. The molecule has 10 nitrogen and oxygen atoms in total. The van der Waals surface area contributed by atoms with Crippen LogP contribution in [0.25, 0.3) is 10.9 Å². The predicted octanol–water partition coefficient (Wildman–Crippen LogP) is 4.76. The molecule has 0 aliphatic carbocycles. The van der Waals surface area contributed by atoms with Crippen LogP contribution in [0.4, 0.5) is 0 Å². The lowest BCUT2D eigenvalue weighted by Gasteiger charge is -2.10. The molecule has 0 radical (unpaired) electrons. The molecule has 12 heteroatoms. The van der Waals surface area contributed by atoms with Gasteiger partial charge in [-0.05, 0) is 35.9 Å². The number of hydrogen-bond acceptors (Lipinski definition) is 6. The number of Topliss-reactive ketones (excluding diaryl/α,β-unsaturated/α-hetero) is 1. The molecule has 1 heterocycles. The lowest BCUT2D eigenvalue weighted by Crippen LogP contribution is -2.23. The van der Waals surface area contributed by atoms with E-state index in [1.54, 1.807) is 30.3 Å². The van der Waals surface area contributed by atoms with Crippen LogP contribution in [0.3, 0.4) is 0 Å². The molecule has 6 N–H and O–H groups in total. The summed E-state index contributed by atoms with van der Waals surface area (Å²) in [5.74, 6) is -2.60. The van der Waals surface area contributed by atoms with Crippen LogP contribution in [0.5, 0.6) is 5.75 Å². The molecule has 0 aliphatic rings. The van der Waals surface area contributed by atoms with E-state index in [1.807, 2.05) is 6.07 Å². The summed E-state index contributed by atoms with van der Waals surface area (Å²) in [7, 11) is 0. The Morgan fingerprint density at radius 1 is 0.950 bits per heavy atom. The number of ketones is 1. The summed E-state index contributed by atoms with van der Waals surface area (Å²) in [6.45, 7) is 0.182. The van der Waals surface area contributed by atoms with Crippen LogP contribution in [0.2, 0.25) is 10.0 Å². The average molecular weight is 584 g/mol. The third kappa shape index (κ3) is 7.46. The van der Waals surface area contributed by atoms with Crippen molar-refractivity contribution in [2.45, 2.75) is 19.4 Å². The number of amides is 2. The van der Waals surface area contributed by atoms with Gasteiger partial charge in [0.25, 0.3) is 11.8 Å². The van der Waals surface area contributed by atoms with Gasteiger partial charge >= 0.3 is 5.97 Å². The number of carboxylic acids is 1. The standard InChI is InChI=1S/C18H15Cl2NO5.C10H8N2O2/c19-13-7-11(8-14(20)17(13)15(23)4-5-16(24)25)18(26)21-9-10-2-1-3-12(22)6-10;11-10(14)9-7(5-13)6-3-1-2-4-8(6)12-9/h1-3,6-8,22H,4-5,9H2,(H,21,26)(H,24,25);1-5,12H,(H2,11,14). The number of benzene rings is 3. The van der Waals surface area contributed by atoms with Crippen molar-refractivity contribution in [1.29, 1.82) is 0 Å². The predicted molar refractivity (Wildman–Crippen MR) is 149 cm³/mol. The molecule has 0 fully saturated rings. The average Bonchev–Trinajstić information content (AvgIpc) is 3.30. The fourth-order valence-corrected chi connectivity index (χ4v) is 4.45. The number of aliphatic carboxylic acids is 1. The van der Waals surface area contributed by atoms with Crippen molar-refractivity contribution in [3.05, 3.63) is 98.7 Å². The number of para-hydroxylation sites is 1. The molecule has 0 spiro atoms. The van der Waals surface area contributed by atoms with Crippen LogP contribution < -0.4 is 11.1 Å². The van der Waals surface area contributed by atoms with Gasteiger partial charge in [-0.15, -0.1) is 0 Å². The van der Waals surface area contributed by atoms with Crippen molar-refractivity contribution in [3.63, 3.8) is 0 Å². The minimum absolute atomic E-state index is 0.000819. The van der Waals surface area contributed by atoms with Gasteiger partial charge in [0.2, 0.25) is 0 Å². The van der Waals surface area contributed by atoms with Crippen molar-refractivity contribution in [2.24, 2.45) is 5.73 Å². The maximum absolute atomic E-state index is 12.3. The molecule has 1 aromatic heterocycles. The Morgan fingerprint density at radius 3 is 2.23 bits per heavy atom. The number of fused-ring (bicyclic) bond motifs is 1. The smallest absolute Gasteiger partial charge is 0.303 e. The quantitative estimate of drug-likeness (QED) is 0.139. The van der Waals surface area contributed by atoms with E-state index in [4.69, 9.17) is 34.0 Å². The van der Waals surface area contributed by atoms with Gasteiger partial charge in [-0.25, -0.2) is 0 Å². The molecule has 0 atom stereocenters. The van der Waals surface area contributed by atoms with Gasteiger partial charge in [0.1, 0.15) is 11.4 Å². The molecule has 206 valence electrons. The van der Waals surface area contributed by atoms with Gasteiger partial charge in [-0.3, -0.25) is 24.0 Å². The number of nitrogens with one attached hydrogen (secondary N) is 2. The number of hydrogen-bond donors (Lipinski definition) is 5. The molecule has 0 bridgehead atoms. The number of halogens is 2. The topological polar surface area (TPSA) is 180 Å². The highest BCUT2D eigenvalue weighted by atomic mass is 35.5. The van der Waals surface area contributed by atoms with Crippen LogP contribution in [0, 0.1) is 0 Å². The highest BCUT2D eigenvalue weighted by Crippen LogP contribution is 2.28. The van der Waals surface area contributed by atoms with E-state index >= 15 is 0 Å². The van der Waals surface area contributed by atoms with E-state index in [0.717, 1.165) is 10.9 Å². The van der Waals surface area contributed by atoms with E-state index in [9.17, 15) is 29.1 Å². The number of aromatic nitrogens is 1. The van der Waals surface area contributed by atoms with Gasteiger partial charge in [0.05, 0.1) is 27.6 Å². The molecule has 2 amide bonds. The van der Waals surface area contributed by atoms with Gasteiger partial charge in [0.15, 0.2) is 12.1 Å². The summed E-state index contributed by atoms with van der Waals surface area (Å²) < 4.78 is 0. The molecule has 0 unspecified atom stereocenters. The zero-order valence-electron chi connectivity index (χ0n) is 20.7. The fraction of sp³-hybridized carbons (Fsp3) is 0.107. The Kier molecular flexibility index (Phi) is 10.0. The summed E-state index contributed by atoms with van der Waals surface area (Å²) in [5.41, 5.74) is 7.22. The molecule has 0 saturated heterocycles. The zero-order valence-corrected chi connectivity index (χ0v) is 22.3. The largest absolute Gasteiger partial charge is 0.508 e. The molecule has 4 aromatic rings. The Morgan fingerprint density at radius 2 is 1.62 bits per heavy atom. The number of primary amides is 1. The molecule has 3 aromatic carbocycles. The highest BCUT2D eigenvalue weighted by Gasteiger charge is 2.19. The first-order chi connectivity index (χ1) is 19.0. The Hall–Kier alpha value is -4.67. The van der Waals surface area contributed by atoms with E-state index < -0.39 is 23.6 Å². The number of aromatic hydroxyl groups is 1. The fourth-order valence-electron chi connectivity index (χ4n) is 3.75. The third-order valence-electron chi connectivity index (χ3n) is 5.62. The number of aldehydes is 1. The summed E-state index contributed by atoms with van der Waals surface area (Å²) in [5, 5.41) is 21.4. The number of carboxylic acid groups (broad SMARTS) is 1. The number of phenolic OH excluding ortho intramolecular Hbond substituents is 1. The van der Waals surface area contributed by atoms with E-state index in [-0.39, 0.29) is 52.0 Å². The molecular weight excluding hydrogens is 561 g/mol. The van der Waals surface area contributed by atoms with Crippen molar-refractivity contribution in [2.75, 3.05) is 0 Å². The van der Waals surface area contributed by atoms with E-state index in [1.165, 1.54) is 24.3 Å².